The number of nitrogens with zero attached hydrogens (tertiary/aromatic N) is 2. The first kappa shape index (κ1) is 16.0. The summed E-state index contributed by atoms with van der Waals surface area (Å²) in [5.74, 6) is -0.104. The first-order valence-corrected chi connectivity index (χ1v) is 9.54. The van der Waals surface area contributed by atoms with Crippen molar-refractivity contribution in [2.75, 3.05) is 5.32 Å². The number of rotatable bonds is 4. The minimum atomic E-state index is -0.283. The van der Waals surface area contributed by atoms with E-state index >= 15 is 0 Å². The van der Waals surface area contributed by atoms with Crippen LogP contribution in [0.4, 0.5) is 5.00 Å². The fraction of sp³-hybridized carbons (Fsp3) is 0.235. The summed E-state index contributed by atoms with van der Waals surface area (Å²) < 4.78 is 3.05. The van der Waals surface area contributed by atoms with Gasteiger partial charge in [-0.3, -0.25) is 9.59 Å². The van der Waals surface area contributed by atoms with E-state index in [4.69, 9.17) is 0 Å². The van der Waals surface area contributed by atoms with Crippen LogP contribution in [0.25, 0.3) is 10.2 Å². The number of carbonyl (C=O) groups is 2. The number of thiophene rings is 1. The third-order valence-corrected chi connectivity index (χ3v) is 6.10. The molecule has 0 bridgehead atoms. The number of hydrogen-bond acceptors (Lipinski definition) is 5. The third-order valence-electron chi connectivity index (χ3n) is 3.99. The van der Waals surface area contributed by atoms with Gasteiger partial charge < -0.3 is 9.88 Å². The number of amides is 2. The number of thiazole rings is 1. The number of benzene rings is 1. The number of nitrogens with one attached hydrogen (secondary N) is 2. The Morgan fingerprint density at radius 2 is 1.96 bits per heavy atom. The van der Waals surface area contributed by atoms with E-state index in [0.717, 1.165) is 23.1 Å². The molecule has 3 aromatic rings. The Balaban J connectivity index is 1.48. The number of carbonyl (C=O) groups excluding carboxylic acids is 2. The summed E-state index contributed by atoms with van der Waals surface area (Å²) >= 11 is 2.76. The number of hydrogen-bond donors (Lipinski definition) is 2. The molecule has 6 nitrogen and oxygen atoms in total. The Bertz CT molecular complexity index is 1030. The Morgan fingerprint density at radius 3 is 2.72 bits per heavy atom. The molecule has 25 heavy (non-hydrogen) atoms. The molecule has 0 atom stereocenters. The first-order chi connectivity index (χ1) is 12.1. The van der Waals surface area contributed by atoms with Crippen LogP contribution in [-0.4, -0.2) is 16.4 Å². The lowest BCUT2D eigenvalue weighted by atomic mass is 10.3. The molecule has 1 fully saturated rings. The molecule has 2 heterocycles. The molecule has 1 aliphatic carbocycles. The minimum absolute atomic E-state index is 0.0378. The van der Waals surface area contributed by atoms with Gasteiger partial charge in [0.05, 0.1) is 20.1 Å². The van der Waals surface area contributed by atoms with Crippen molar-refractivity contribution in [1.29, 1.82) is 0 Å². The van der Waals surface area contributed by atoms with Crippen LogP contribution in [0.5, 0.6) is 0 Å². The summed E-state index contributed by atoms with van der Waals surface area (Å²) in [5, 5.41) is 7.77. The molecule has 2 amide bonds. The van der Waals surface area contributed by atoms with Crippen LogP contribution in [0.2, 0.25) is 0 Å². The predicted octanol–water partition coefficient (Wildman–Crippen LogP) is 2.90. The highest BCUT2D eigenvalue weighted by Gasteiger charge is 2.29. The molecular formula is C17H16N4O2S2. The second kappa shape index (κ2) is 6.45. The summed E-state index contributed by atoms with van der Waals surface area (Å²) in [6, 6.07) is 11.4. The molecule has 0 unspecified atom stereocenters. The quantitative estimate of drug-likeness (QED) is 0.691. The van der Waals surface area contributed by atoms with E-state index in [0.29, 0.717) is 14.7 Å². The number of fused-ring (bicyclic) bond motifs is 1. The van der Waals surface area contributed by atoms with Crippen molar-refractivity contribution in [3.05, 3.63) is 46.1 Å². The van der Waals surface area contributed by atoms with Crippen molar-refractivity contribution in [1.82, 2.24) is 9.99 Å². The van der Waals surface area contributed by atoms with E-state index < -0.39 is 0 Å². The van der Waals surface area contributed by atoms with Crippen LogP contribution in [0, 0.1) is 5.92 Å². The Labute approximate surface area is 151 Å². The number of para-hydroxylation sites is 1. The van der Waals surface area contributed by atoms with Crippen LogP contribution in [0.1, 0.15) is 22.5 Å². The van der Waals surface area contributed by atoms with Crippen molar-refractivity contribution in [3.8, 4) is 0 Å². The van der Waals surface area contributed by atoms with Crippen molar-refractivity contribution < 1.29 is 9.59 Å². The Kier molecular flexibility index (Phi) is 4.14. The fourth-order valence-corrected chi connectivity index (χ4v) is 4.22. The zero-order chi connectivity index (χ0) is 17.4. The molecule has 1 aliphatic rings. The Morgan fingerprint density at radius 1 is 1.16 bits per heavy atom. The summed E-state index contributed by atoms with van der Waals surface area (Å²) in [7, 11) is 1.92. The van der Waals surface area contributed by atoms with Crippen LogP contribution in [-0.2, 0) is 11.8 Å². The average molecular weight is 372 g/mol. The van der Waals surface area contributed by atoms with E-state index in [2.05, 4.69) is 15.8 Å². The van der Waals surface area contributed by atoms with Gasteiger partial charge in [-0.2, -0.15) is 0 Å². The summed E-state index contributed by atoms with van der Waals surface area (Å²) in [4.78, 5) is 25.3. The predicted molar refractivity (Wildman–Crippen MR) is 99.5 cm³/mol. The van der Waals surface area contributed by atoms with Gasteiger partial charge in [-0.1, -0.05) is 23.5 Å². The normalized spacial score (nSPS) is 14.7. The average Bonchev–Trinajstić information content (AvgIpc) is 3.29. The fourth-order valence-electron chi connectivity index (χ4n) is 2.44. The lowest BCUT2D eigenvalue weighted by Gasteiger charge is -1.99. The monoisotopic (exact) mass is 372 g/mol. The second-order valence-corrected chi connectivity index (χ2v) is 7.98. The Hall–Kier alpha value is -2.45. The standard InChI is InChI=1S/C17H16N4O2S2/c1-21-11-4-2-3-5-12(11)25-17(21)20-19-16(23)13-8-9-14(24-13)18-15(22)10-6-7-10/h2-5,8-10H,6-7H2,1H3,(H,18,22)(H,19,23)/b20-17-. The smallest absolute Gasteiger partial charge is 0.281 e. The molecule has 1 aromatic carbocycles. The number of aryl methyl sites for hydroxylation is 1. The molecule has 4 rings (SSSR count). The molecule has 8 heteroatoms. The number of aromatic nitrogens is 1. The van der Waals surface area contributed by atoms with Crippen LogP contribution >= 0.6 is 22.7 Å². The maximum Gasteiger partial charge on any atom is 0.281 e. The van der Waals surface area contributed by atoms with Gasteiger partial charge in [0, 0.05) is 13.0 Å². The summed E-state index contributed by atoms with van der Waals surface area (Å²) in [5.41, 5.74) is 3.66. The maximum absolute atomic E-state index is 12.3. The van der Waals surface area contributed by atoms with Crippen molar-refractivity contribution in [2.45, 2.75) is 12.8 Å². The molecule has 1 saturated carbocycles. The lowest BCUT2D eigenvalue weighted by molar-refractivity contribution is -0.117. The van der Waals surface area contributed by atoms with Gasteiger partial charge in [-0.15, -0.1) is 16.4 Å². The topological polar surface area (TPSA) is 75.5 Å². The highest BCUT2D eigenvalue weighted by atomic mass is 32.1. The SMILES string of the molecule is Cn1/c(=N/NC(=O)c2ccc(NC(=O)C3CC3)s2)sc2ccccc21. The van der Waals surface area contributed by atoms with Crippen molar-refractivity contribution in [2.24, 2.45) is 18.1 Å². The van der Waals surface area contributed by atoms with Gasteiger partial charge in [0.15, 0.2) is 0 Å². The van der Waals surface area contributed by atoms with Crippen LogP contribution in [0.15, 0.2) is 41.5 Å². The van der Waals surface area contributed by atoms with Gasteiger partial charge in [0.25, 0.3) is 5.91 Å². The van der Waals surface area contributed by atoms with Gasteiger partial charge in [-0.25, -0.2) is 5.43 Å². The largest absolute Gasteiger partial charge is 0.318 e. The number of anilines is 1. The van der Waals surface area contributed by atoms with E-state index in [1.807, 2.05) is 35.9 Å². The van der Waals surface area contributed by atoms with Crippen LogP contribution in [0.3, 0.4) is 0 Å². The third kappa shape index (κ3) is 3.35. The van der Waals surface area contributed by atoms with Gasteiger partial charge >= 0.3 is 0 Å². The molecule has 0 radical (unpaired) electrons. The molecule has 128 valence electrons. The van der Waals surface area contributed by atoms with E-state index in [-0.39, 0.29) is 17.7 Å². The molecule has 2 aromatic heterocycles. The summed E-state index contributed by atoms with van der Waals surface area (Å²) in [6.07, 6.45) is 1.91. The molecule has 0 spiro atoms. The van der Waals surface area contributed by atoms with Crippen molar-refractivity contribution >= 4 is 49.7 Å². The van der Waals surface area contributed by atoms with Crippen LogP contribution < -0.4 is 15.5 Å². The van der Waals surface area contributed by atoms with E-state index in [9.17, 15) is 9.59 Å². The van der Waals surface area contributed by atoms with Crippen molar-refractivity contribution in [3.63, 3.8) is 0 Å². The molecule has 0 aliphatic heterocycles. The van der Waals surface area contributed by atoms with Gasteiger partial charge in [-0.05, 0) is 37.1 Å². The highest BCUT2D eigenvalue weighted by Crippen LogP contribution is 2.31. The second-order valence-electron chi connectivity index (χ2n) is 5.89. The van der Waals surface area contributed by atoms with E-state index in [1.165, 1.54) is 22.7 Å². The lowest BCUT2D eigenvalue weighted by Crippen LogP contribution is -2.22. The minimum Gasteiger partial charge on any atom is -0.318 e. The van der Waals surface area contributed by atoms with Gasteiger partial charge in [0.2, 0.25) is 10.7 Å². The molecule has 0 saturated heterocycles. The van der Waals surface area contributed by atoms with E-state index in [1.54, 1.807) is 12.1 Å². The highest BCUT2D eigenvalue weighted by molar-refractivity contribution is 7.18. The first-order valence-electron chi connectivity index (χ1n) is 7.91. The zero-order valence-electron chi connectivity index (χ0n) is 13.5. The molecular weight excluding hydrogens is 356 g/mol. The van der Waals surface area contributed by atoms with Gasteiger partial charge in [0.1, 0.15) is 0 Å². The molecule has 2 N–H and O–H groups in total. The maximum atomic E-state index is 12.3. The summed E-state index contributed by atoms with van der Waals surface area (Å²) in [6.45, 7) is 0. The zero-order valence-corrected chi connectivity index (χ0v) is 15.1.